The summed E-state index contributed by atoms with van der Waals surface area (Å²) in [5, 5.41) is 13.6. The predicted octanol–water partition coefficient (Wildman–Crippen LogP) is 1.04. The van der Waals surface area contributed by atoms with E-state index in [1.165, 1.54) is 12.1 Å². The number of aliphatic hydroxyl groups is 1. The van der Waals surface area contributed by atoms with Crippen molar-refractivity contribution in [1.82, 2.24) is 0 Å². The van der Waals surface area contributed by atoms with Gasteiger partial charge in [0, 0.05) is 6.61 Å². The molecule has 0 radical (unpaired) electrons. The number of hydrogen-bond donors (Lipinski definition) is 2. The Morgan fingerprint density at radius 2 is 1.69 bits per heavy atom. The minimum absolute atomic E-state index is 0.145. The summed E-state index contributed by atoms with van der Waals surface area (Å²) in [7, 11) is -3.58. The number of primary sulfonamides is 1. The third kappa shape index (κ3) is 4.30. The topological polar surface area (TPSA) is 80.4 Å². The first-order chi connectivity index (χ1) is 7.54. The second kappa shape index (κ2) is 5.98. The minimum Gasteiger partial charge on any atom is -0.396 e. The van der Waals surface area contributed by atoms with Crippen LogP contribution in [0.4, 0.5) is 0 Å². The Bertz CT molecular complexity index is 411. The summed E-state index contributed by atoms with van der Waals surface area (Å²) in [4.78, 5) is 0.145. The lowest BCUT2D eigenvalue weighted by Crippen LogP contribution is -2.11. The molecule has 0 saturated carbocycles. The summed E-state index contributed by atoms with van der Waals surface area (Å²) in [6.07, 6.45) is 3.68. The molecule has 0 saturated heterocycles. The van der Waals surface area contributed by atoms with Gasteiger partial charge in [-0.15, -0.1) is 0 Å². The molecule has 0 heterocycles. The number of sulfonamides is 1. The normalized spacial score (nSPS) is 11.6. The maximum atomic E-state index is 11.0. The smallest absolute Gasteiger partial charge is 0.238 e. The Morgan fingerprint density at radius 3 is 2.19 bits per heavy atom. The van der Waals surface area contributed by atoms with Crippen LogP contribution in [0.25, 0.3) is 0 Å². The van der Waals surface area contributed by atoms with E-state index < -0.39 is 10.0 Å². The Balaban J connectivity index is 2.52. The monoisotopic (exact) mass is 243 g/mol. The average Bonchev–Trinajstić information content (AvgIpc) is 2.24. The van der Waals surface area contributed by atoms with Gasteiger partial charge in [0.15, 0.2) is 0 Å². The Morgan fingerprint density at radius 1 is 1.06 bits per heavy atom. The van der Waals surface area contributed by atoms with Crippen molar-refractivity contribution in [3.63, 3.8) is 0 Å². The third-order valence-corrected chi connectivity index (χ3v) is 3.30. The lowest BCUT2D eigenvalue weighted by Gasteiger charge is -2.02. The van der Waals surface area contributed by atoms with Crippen molar-refractivity contribution in [2.75, 3.05) is 6.61 Å². The quantitative estimate of drug-likeness (QED) is 0.732. The van der Waals surface area contributed by atoms with E-state index in [-0.39, 0.29) is 11.5 Å². The SMILES string of the molecule is NS(=O)(=O)c1ccc(CCCCCO)cc1. The molecule has 0 spiro atoms. The number of hydrogen-bond acceptors (Lipinski definition) is 3. The zero-order valence-electron chi connectivity index (χ0n) is 9.09. The van der Waals surface area contributed by atoms with Crippen LogP contribution in [-0.4, -0.2) is 20.1 Å². The summed E-state index contributed by atoms with van der Waals surface area (Å²) in [5.74, 6) is 0. The Labute approximate surface area is 96.2 Å². The van der Waals surface area contributed by atoms with Crippen LogP contribution in [-0.2, 0) is 16.4 Å². The van der Waals surface area contributed by atoms with Gasteiger partial charge in [-0.2, -0.15) is 0 Å². The molecular formula is C11H17NO3S. The standard InChI is InChI=1S/C11H17NO3S/c12-16(14,15)11-7-5-10(6-8-11)4-2-1-3-9-13/h5-8,13H,1-4,9H2,(H2,12,14,15). The van der Waals surface area contributed by atoms with E-state index in [1.807, 2.05) is 0 Å². The van der Waals surface area contributed by atoms with E-state index in [0.717, 1.165) is 31.2 Å². The zero-order chi connectivity index (χ0) is 12.0. The molecule has 0 aliphatic carbocycles. The number of nitrogens with two attached hydrogens (primary N) is 1. The molecule has 0 aliphatic heterocycles. The first-order valence-electron chi connectivity index (χ1n) is 5.26. The fourth-order valence-corrected chi connectivity index (χ4v) is 1.98. The van der Waals surface area contributed by atoms with Gasteiger partial charge in [0.05, 0.1) is 4.90 Å². The van der Waals surface area contributed by atoms with Gasteiger partial charge in [-0.3, -0.25) is 0 Å². The van der Waals surface area contributed by atoms with Crippen molar-refractivity contribution in [1.29, 1.82) is 0 Å². The molecule has 0 fully saturated rings. The van der Waals surface area contributed by atoms with Crippen LogP contribution in [0.5, 0.6) is 0 Å². The number of unbranched alkanes of at least 4 members (excludes halogenated alkanes) is 2. The highest BCUT2D eigenvalue weighted by atomic mass is 32.2. The number of aliphatic hydroxyl groups excluding tert-OH is 1. The van der Waals surface area contributed by atoms with Crippen LogP contribution in [0, 0.1) is 0 Å². The van der Waals surface area contributed by atoms with Crippen LogP contribution in [0.3, 0.4) is 0 Å². The van der Waals surface area contributed by atoms with Gasteiger partial charge in [0.2, 0.25) is 10.0 Å². The van der Waals surface area contributed by atoms with E-state index in [0.29, 0.717) is 0 Å². The summed E-state index contributed by atoms with van der Waals surface area (Å²) in [6, 6.07) is 6.60. The van der Waals surface area contributed by atoms with Gasteiger partial charge >= 0.3 is 0 Å². The van der Waals surface area contributed by atoms with Gasteiger partial charge in [-0.05, 0) is 37.0 Å². The fourth-order valence-electron chi connectivity index (χ4n) is 1.46. The second-order valence-electron chi connectivity index (χ2n) is 3.72. The first kappa shape index (κ1) is 13.2. The van der Waals surface area contributed by atoms with E-state index in [2.05, 4.69) is 0 Å². The van der Waals surface area contributed by atoms with E-state index in [4.69, 9.17) is 10.2 Å². The molecular weight excluding hydrogens is 226 g/mol. The van der Waals surface area contributed by atoms with Gasteiger partial charge in [-0.25, -0.2) is 13.6 Å². The van der Waals surface area contributed by atoms with Crippen LogP contribution < -0.4 is 5.14 Å². The molecule has 16 heavy (non-hydrogen) atoms. The summed E-state index contributed by atoms with van der Waals surface area (Å²) < 4.78 is 22.0. The van der Waals surface area contributed by atoms with Crippen molar-refractivity contribution >= 4 is 10.0 Å². The molecule has 0 atom stereocenters. The summed E-state index contributed by atoms with van der Waals surface area (Å²) in [6.45, 7) is 0.227. The van der Waals surface area contributed by atoms with Crippen LogP contribution >= 0.6 is 0 Å². The molecule has 3 N–H and O–H groups in total. The molecule has 1 rings (SSSR count). The third-order valence-electron chi connectivity index (χ3n) is 2.38. The molecule has 0 amide bonds. The zero-order valence-corrected chi connectivity index (χ0v) is 9.91. The van der Waals surface area contributed by atoms with Crippen molar-refractivity contribution in [3.05, 3.63) is 29.8 Å². The molecule has 0 aliphatic rings. The maximum absolute atomic E-state index is 11.0. The Hall–Kier alpha value is -0.910. The molecule has 1 aromatic carbocycles. The molecule has 1 aromatic rings. The fraction of sp³-hybridized carbons (Fsp3) is 0.455. The summed E-state index contributed by atoms with van der Waals surface area (Å²) in [5.41, 5.74) is 1.09. The van der Waals surface area contributed by atoms with Gasteiger partial charge in [-0.1, -0.05) is 18.6 Å². The number of aryl methyl sites for hydroxylation is 1. The highest BCUT2D eigenvalue weighted by molar-refractivity contribution is 7.89. The summed E-state index contributed by atoms with van der Waals surface area (Å²) >= 11 is 0. The maximum Gasteiger partial charge on any atom is 0.238 e. The first-order valence-corrected chi connectivity index (χ1v) is 6.81. The minimum atomic E-state index is -3.58. The number of benzene rings is 1. The predicted molar refractivity (Wildman–Crippen MR) is 62.5 cm³/mol. The molecule has 5 heteroatoms. The van der Waals surface area contributed by atoms with Gasteiger partial charge in [0.25, 0.3) is 0 Å². The molecule has 0 unspecified atom stereocenters. The van der Waals surface area contributed by atoms with Crippen molar-refractivity contribution in [2.24, 2.45) is 5.14 Å². The lowest BCUT2D eigenvalue weighted by atomic mass is 10.1. The number of rotatable bonds is 6. The second-order valence-corrected chi connectivity index (χ2v) is 5.28. The van der Waals surface area contributed by atoms with E-state index in [1.54, 1.807) is 12.1 Å². The average molecular weight is 243 g/mol. The highest BCUT2D eigenvalue weighted by Gasteiger charge is 2.06. The van der Waals surface area contributed by atoms with Crippen molar-refractivity contribution in [3.8, 4) is 0 Å². The molecule has 0 bridgehead atoms. The molecule has 90 valence electrons. The van der Waals surface area contributed by atoms with Crippen LogP contribution in [0.1, 0.15) is 24.8 Å². The van der Waals surface area contributed by atoms with Crippen molar-refractivity contribution in [2.45, 2.75) is 30.6 Å². The van der Waals surface area contributed by atoms with Gasteiger partial charge in [0.1, 0.15) is 0 Å². The van der Waals surface area contributed by atoms with E-state index in [9.17, 15) is 8.42 Å². The van der Waals surface area contributed by atoms with Crippen LogP contribution in [0.15, 0.2) is 29.2 Å². The Kier molecular flexibility index (Phi) is 4.92. The largest absolute Gasteiger partial charge is 0.396 e. The molecule has 4 nitrogen and oxygen atoms in total. The van der Waals surface area contributed by atoms with Crippen LogP contribution in [0.2, 0.25) is 0 Å². The highest BCUT2D eigenvalue weighted by Crippen LogP contribution is 2.11. The lowest BCUT2D eigenvalue weighted by molar-refractivity contribution is 0.283. The van der Waals surface area contributed by atoms with E-state index >= 15 is 0 Å². The molecule has 0 aromatic heterocycles. The van der Waals surface area contributed by atoms with Gasteiger partial charge < -0.3 is 5.11 Å². The van der Waals surface area contributed by atoms with Crippen molar-refractivity contribution < 1.29 is 13.5 Å².